The second kappa shape index (κ2) is 5.49. The van der Waals surface area contributed by atoms with Gasteiger partial charge >= 0.3 is 0 Å². The quantitative estimate of drug-likeness (QED) is 0.738. The van der Waals surface area contributed by atoms with Crippen molar-refractivity contribution < 1.29 is 14.9 Å². The maximum absolute atomic E-state index is 11.6. The molecule has 0 spiro atoms. The summed E-state index contributed by atoms with van der Waals surface area (Å²) < 4.78 is 5.44. The molecule has 1 rings (SSSR count). The zero-order valence-corrected chi connectivity index (χ0v) is 9.21. The number of hydrogen-bond acceptors (Lipinski definition) is 3. The lowest BCUT2D eigenvalue weighted by atomic mass is 10.1. The van der Waals surface area contributed by atoms with Gasteiger partial charge in [-0.05, 0) is 24.5 Å². The number of rotatable bonds is 5. The highest BCUT2D eigenvalue weighted by Crippen LogP contribution is 2.32. The zero-order valence-electron chi connectivity index (χ0n) is 9.21. The van der Waals surface area contributed by atoms with E-state index in [1.165, 1.54) is 6.07 Å². The Balaban J connectivity index is 2.97. The predicted molar refractivity (Wildman–Crippen MR) is 55.1 cm³/mol. The fourth-order valence-electron chi connectivity index (χ4n) is 1.42. The highest BCUT2D eigenvalue weighted by Gasteiger charge is 2.03. The minimum absolute atomic E-state index is 0.412. The molecule has 0 atom stereocenters. The lowest BCUT2D eigenvalue weighted by Crippen LogP contribution is -2.06. The molecule has 0 N–H and O–H groups in total. The van der Waals surface area contributed by atoms with Gasteiger partial charge in [-0.1, -0.05) is 26.3 Å². The fourth-order valence-corrected chi connectivity index (χ4v) is 1.42. The van der Waals surface area contributed by atoms with Gasteiger partial charge in [-0.25, -0.2) is 0 Å². The molecule has 0 saturated heterocycles. The molecule has 15 heavy (non-hydrogen) atoms. The molecule has 3 heteroatoms. The van der Waals surface area contributed by atoms with Gasteiger partial charge in [0.1, 0.15) is 5.75 Å². The van der Waals surface area contributed by atoms with Crippen LogP contribution in [0.1, 0.15) is 32.3 Å². The summed E-state index contributed by atoms with van der Waals surface area (Å²) in [4.78, 5) is 0. The first-order valence-corrected chi connectivity index (χ1v) is 5.33. The highest BCUT2D eigenvalue weighted by molar-refractivity contribution is 5.50. The first-order valence-electron chi connectivity index (χ1n) is 5.33. The molecule has 0 amide bonds. The van der Waals surface area contributed by atoms with E-state index >= 15 is 0 Å². The van der Waals surface area contributed by atoms with E-state index in [1.807, 2.05) is 13.8 Å². The summed E-state index contributed by atoms with van der Waals surface area (Å²) >= 11 is 0. The average molecular weight is 208 g/mol. The summed E-state index contributed by atoms with van der Waals surface area (Å²) in [5, 5.41) is 22.7. The Morgan fingerprint density at radius 1 is 1.13 bits per heavy atom. The summed E-state index contributed by atoms with van der Waals surface area (Å²) in [5.41, 5.74) is 0.526. The lowest BCUT2D eigenvalue weighted by Gasteiger charge is -2.24. The summed E-state index contributed by atoms with van der Waals surface area (Å²) in [5.74, 6) is -0.281. The molecular formula is C12H16O3-2. The summed E-state index contributed by atoms with van der Waals surface area (Å²) in [7, 11) is 0. The van der Waals surface area contributed by atoms with Gasteiger partial charge in [0.15, 0.2) is 0 Å². The summed E-state index contributed by atoms with van der Waals surface area (Å²) in [6, 6.07) is 2.89. The van der Waals surface area contributed by atoms with E-state index in [-0.39, 0.29) is 0 Å². The Morgan fingerprint density at radius 3 is 2.47 bits per heavy atom. The standard InChI is InChI=1S/C12H18O3/c1-3-5-9-11(15-8-4-2)7-6-10(13)12(9)14/h6-7,13-14H,3-5,8H2,1-2H3/p-2. The van der Waals surface area contributed by atoms with Crippen LogP contribution < -0.4 is 14.9 Å². The second-order valence-electron chi connectivity index (χ2n) is 3.47. The monoisotopic (exact) mass is 208 g/mol. The smallest absolute Gasteiger partial charge is 0.121 e. The second-order valence-corrected chi connectivity index (χ2v) is 3.47. The normalized spacial score (nSPS) is 10.3. The van der Waals surface area contributed by atoms with Crippen molar-refractivity contribution in [2.24, 2.45) is 0 Å². The molecule has 0 radical (unpaired) electrons. The Morgan fingerprint density at radius 2 is 1.87 bits per heavy atom. The maximum Gasteiger partial charge on any atom is 0.121 e. The van der Waals surface area contributed by atoms with Gasteiger partial charge < -0.3 is 14.9 Å². The van der Waals surface area contributed by atoms with Gasteiger partial charge in [-0.3, -0.25) is 0 Å². The topological polar surface area (TPSA) is 55.3 Å². The summed E-state index contributed by atoms with van der Waals surface area (Å²) in [6.07, 6.45) is 2.33. The largest absolute Gasteiger partial charge is 0.873 e. The molecule has 1 aromatic rings. The fraction of sp³-hybridized carbons (Fsp3) is 0.500. The molecule has 0 fully saturated rings. The van der Waals surface area contributed by atoms with Crippen molar-refractivity contribution in [3.8, 4) is 17.2 Å². The molecule has 0 heterocycles. The summed E-state index contributed by atoms with van der Waals surface area (Å²) in [6.45, 7) is 4.55. The molecule has 0 bridgehead atoms. The molecule has 0 aliphatic heterocycles. The zero-order chi connectivity index (χ0) is 11.3. The van der Waals surface area contributed by atoms with Crippen molar-refractivity contribution in [3.63, 3.8) is 0 Å². The van der Waals surface area contributed by atoms with E-state index in [0.29, 0.717) is 24.3 Å². The maximum atomic E-state index is 11.6. The van der Waals surface area contributed by atoms with Crippen LogP contribution in [0.15, 0.2) is 12.1 Å². The van der Waals surface area contributed by atoms with Gasteiger partial charge in [0.25, 0.3) is 0 Å². The van der Waals surface area contributed by atoms with Gasteiger partial charge in [0, 0.05) is 0 Å². The van der Waals surface area contributed by atoms with E-state index in [0.717, 1.165) is 12.8 Å². The molecular weight excluding hydrogens is 192 g/mol. The molecule has 84 valence electrons. The van der Waals surface area contributed by atoms with Crippen molar-refractivity contribution in [3.05, 3.63) is 17.7 Å². The van der Waals surface area contributed by atoms with Gasteiger partial charge in [-0.15, -0.1) is 11.5 Å². The molecule has 0 aliphatic rings. The predicted octanol–water partition coefficient (Wildman–Crippen LogP) is 1.58. The minimum atomic E-state index is -0.442. The van der Waals surface area contributed by atoms with Crippen molar-refractivity contribution in [2.75, 3.05) is 6.61 Å². The van der Waals surface area contributed by atoms with Crippen molar-refractivity contribution in [1.82, 2.24) is 0 Å². The van der Waals surface area contributed by atoms with Crippen molar-refractivity contribution in [1.29, 1.82) is 0 Å². The van der Waals surface area contributed by atoms with Gasteiger partial charge in [0.2, 0.25) is 0 Å². The third-order valence-corrected chi connectivity index (χ3v) is 2.14. The first-order chi connectivity index (χ1) is 7.20. The van der Waals surface area contributed by atoms with Crippen LogP contribution in [0.5, 0.6) is 17.2 Å². The average Bonchev–Trinajstić information content (AvgIpc) is 2.24. The van der Waals surface area contributed by atoms with Gasteiger partial charge in [0.05, 0.1) is 6.61 Å². The van der Waals surface area contributed by atoms with Gasteiger partial charge in [-0.2, -0.15) is 0 Å². The SMILES string of the molecule is CCCOc1ccc([O-])c([O-])c1CCC. The van der Waals surface area contributed by atoms with Crippen LogP contribution in [0, 0.1) is 0 Å². The van der Waals surface area contributed by atoms with Crippen LogP contribution in [-0.4, -0.2) is 6.61 Å². The molecule has 0 saturated carbocycles. The van der Waals surface area contributed by atoms with Crippen LogP contribution in [0.4, 0.5) is 0 Å². The van der Waals surface area contributed by atoms with Crippen LogP contribution in [0.2, 0.25) is 0 Å². The highest BCUT2D eigenvalue weighted by atomic mass is 16.5. The lowest BCUT2D eigenvalue weighted by molar-refractivity contribution is -0.318. The number of benzene rings is 1. The van der Waals surface area contributed by atoms with E-state index in [4.69, 9.17) is 4.74 Å². The van der Waals surface area contributed by atoms with Crippen LogP contribution in [0.3, 0.4) is 0 Å². The van der Waals surface area contributed by atoms with E-state index in [9.17, 15) is 10.2 Å². The van der Waals surface area contributed by atoms with Crippen molar-refractivity contribution in [2.45, 2.75) is 33.1 Å². The molecule has 0 aromatic heterocycles. The Kier molecular flexibility index (Phi) is 4.28. The third kappa shape index (κ3) is 2.78. The minimum Gasteiger partial charge on any atom is -0.873 e. The molecule has 0 unspecified atom stereocenters. The van der Waals surface area contributed by atoms with Crippen molar-refractivity contribution >= 4 is 0 Å². The van der Waals surface area contributed by atoms with E-state index < -0.39 is 11.5 Å². The van der Waals surface area contributed by atoms with Crippen LogP contribution >= 0.6 is 0 Å². The van der Waals surface area contributed by atoms with Crippen LogP contribution in [0.25, 0.3) is 0 Å². The Bertz CT molecular complexity index is 321. The van der Waals surface area contributed by atoms with E-state index in [2.05, 4.69) is 0 Å². The first kappa shape index (κ1) is 11.7. The molecule has 0 aliphatic carbocycles. The molecule has 1 aromatic carbocycles. The Hall–Kier alpha value is -1.38. The van der Waals surface area contributed by atoms with E-state index in [1.54, 1.807) is 6.07 Å². The third-order valence-electron chi connectivity index (χ3n) is 2.14. The number of ether oxygens (including phenoxy) is 1. The van der Waals surface area contributed by atoms with Crippen LogP contribution in [-0.2, 0) is 6.42 Å². The Labute approximate surface area is 90.3 Å². The number of hydrogen-bond donors (Lipinski definition) is 0. The molecule has 3 nitrogen and oxygen atoms in total.